The van der Waals surface area contributed by atoms with Crippen molar-refractivity contribution in [3.8, 4) is 5.75 Å². The van der Waals surface area contributed by atoms with Crippen molar-refractivity contribution in [2.45, 2.75) is 19.8 Å². The van der Waals surface area contributed by atoms with Crippen molar-refractivity contribution < 1.29 is 23.9 Å². The van der Waals surface area contributed by atoms with Crippen LogP contribution in [0.4, 0.5) is 11.4 Å². The van der Waals surface area contributed by atoms with Crippen molar-refractivity contribution in [2.75, 3.05) is 62.8 Å². The van der Waals surface area contributed by atoms with Crippen LogP contribution >= 0.6 is 0 Å². The standard InChI is InChI=1S/C27H34N4O5/c1-2-36-22-10-8-21(9-11-22)31-19-20(18-25(31)32)26(33)29-24-7-4-3-6-23(24)27(34)28-12-5-13-30-14-16-35-17-15-30/h3-4,6-11,20H,2,5,12-19H2,1H3,(H,28,34)(H,29,33)/t20-/m1/s1. The van der Waals surface area contributed by atoms with Gasteiger partial charge in [-0.1, -0.05) is 12.1 Å². The lowest BCUT2D eigenvalue weighted by Crippen LogP contribution is -2.38. The number of morpholine rings is 1. The number of carbonyl (C=O) groups excluding carboxylic acids is 3. The minimum Gasteiger partial charge on any atom is -0.494 e. The number of nitrogens with one attached hydrogen (secondary N) is 2. The predicted molar refractivity (Wildman–Crippen MR) is 137 cm³/mol. The van der Waals surface area contributed by atoms with Gasteiger partial charge in [-0.3, -0.25) is 19.3 Å². The van der Waals surface area contributed by atoms with Crippen LogP contribution < -0.4 is 20.3 Å². The first-order valence-corrected chi connectivity index (χ1v) is 12.6. The highest BCUT2D eigenvalue weighted by Crippen LogP contribution is 2.28. The first-order chi connectivity index (χ1) is 17.5. The zero-order valence-electron chi connectivity index (χ0n) is 20.7. The van der Waals surface area contributed by atoms with Gasteiger partial charge >= 0.3 is 0 Å². The molecule has 9 heteroatoms. The molecule has 2 N–H and O–H groups in total. The van der Waals surface area contributed by atoms with Crippen LogP contribution in [-0.2, 0) is 14.3 Å². The van der Waals surface area contributed by atoms with Crippen LogP contribution in [0.15, 0.2) is 48.5 Å². The fourth-order valence-electron chi connectivity index (χ4n) is 4.47. The van der Waals surface area contributed by atoms with Crippen LogP contribution in [-0.4, -0.2) is 75.2 Å². The molecule has 2 aromatic carbocycles. The lowest BCUT2D eigenvalue weighted by atomic mass is 10.1. The van der Waals surface area contributed by atoms with E-state index in [-0.39, 0.29) is 30.7 Å². The highest BCUT2D eigenvalue weighted by molar-refractivity contribution is 6.07. The molecule has 0 unspecified atom stereocenters. The second kappa shape index (κ2) is 12.5. The van der Waals surface area contributed by atoms with E-state index < -0.39 is 5.92 Å². The van der Waals surface area contributed by atoms with Gasteiger partial charge in [0.15, 0.2) is 0 Å². The maximum atomic E-state index is 13.0. The number of rotatable bonds is 10. The summed E-state index contributed by atoms with van der Waals surface area (Å²) in [4.78, 5) is 42.4. The minimum atomic E-state index is -0.506. The smallest absolute Gasteiger partial charge is 0.253 e. The van der Waals surface area contributed by atoms with Gasteiger partial charge < -0.3 is 25.0 Å². The van der Waals surface area contributed by atoms with Gasteiger partial charge in [0, 0.05) is 38.3 Å². The molecular formula is C27H34N4O5. The molecule has 2 aromatic rings. The Balaban J connectivity index is 1.31. The largest absolute Gasteiger partial charge is 0.494 e. The first-order valence-electron chi connectivity index (χ1n) is 12.6. The molecule has 9 nitrogen and oxygen atoms in total. The molecule has 0 aliphatic carbocycles. The summed E-state index contributed by atoms with van der Waals surface area (Å²) in [5.41, 5.74) is 1.58. The third-order valence-electron chi connectivity index (χ3n) is 6.43. The average Bonchev–Trinajstić information content (AvgIpc) is 3.30. The lowest BCUT2D eigenvalue weighted by molar-refractivity contribution is -0.122. The van der Waals surface area contributed by atoms with Gasteiger partial charge in [-0.25, -0.2) is 0 Å². The Labute approximate surface area is 211 Å². The third kappa shape index (κ3) is 6.61. The molecule has 36 heavy (non-hydrogen) atoms. The number of hydrogen-bond donors (Lipinski definition) is 2. The molecule has 0 spiro atoms. The number of benzene rings is 2. The van der Waals surface area contributed by atoms with E-state index in [2.05, 4.69) is 15.5 Å². The van der Waals surface area contributed by atoms with Crippen molar-refractivity contribution in [1.82, 2.24) is 10.2 Å². The van der Waals surface area contributed by atoms with Gasteiger partial charge in [0.25, 0.3) is 5.91 Å². The summed E-state index contributed by atoms with van der Waals surface area (Å²) in [5.74, 6) is -0.381. The first kappa shape index (κ1) is 25.7. The number of para-hydroxylation sites is 1. The van der Waals surface area contributed by atoms with E-state index in [1.54, 1.807) is 29.2 Å². The number of ether oxygens (including phenoxy) is 2. The third-order valence-corrected chi connectivity index (χ3v) is 6.43. The van der Waals surface area contributed by atoms with Gasteiger partial charge in [0.2, 0.25) is 11.8 Å². The zero-order chi connectivity index (χ0) is 25.3. The van der Waals surface area contributed by atoms with E-state index in [1.165, 1.54) is 0 Å². The predicted octanol–water partition coefficient (Wildman–Crippen LogP) is 2.53. The Morgan fingerprint density at radius 2 is 1.83 bits per heavy atom. The van der Waals surface area contributed by atoms with Crippen molar-refractivity contribution in [2.24, 2.45) is 5.92 Å². The molecule has 2 fully saturated rings. The number of hydrogen-bond acceptors (Lipinski definition) is 6. The van der Waals surface area contributed by atoms with Crippen LogP contribution in [0.3, 0.4) is 0 Å². The Morgan fingerprint density at radius 3 is 2.58 bits per heavy atom. The van der Waals surface area contributed by atoms with Gasteiger partial charge in [-0.15, -0.1) is 0 Å². The molecule has 0 radical (unpaired) electrons. The highest BCUT2D eigenvalue weighted by Gasteiger charge is 2.35. The monoisotopic (exact) mass is 494 g/mol. The van der Waals surface area contributed by atoms with Crippen molar-refractivity contribution in [3.63, 3.8) is 0 Å². The van der Waals surface area contributed by atoms with Crippen LogP contribution in [0, 0.1) is 5.92 Å². The fourth-order valence-corrected chi connectivity index (χ4v) is 4.47. The van der Waals surface area contributed by atoms with Gasteiger partial charge in [-0.05, 0) is 56.3 Å². The summed E-state index contributed by atoms with van der Waals surface area (Å²) in [5, 5.41) is 5.82. The second-order valence-corrected chi connectivity index (χ2v) is 8.93. The molecule has 0 bridgehead atoms. The van der Waals surface area contributed by atoms with Crippen LogP contribution in [0.5, 0.6) is 5.75 Å². The molecule has 0 aromatic heterocycles. The number of nitrogens with zero attached hydrogens (tertiary/aromatic N) is 2. The lowest BCUT2D eigenvalue weighted by Gasteiger charge is -2.26. The molecule has 0 saturated carbocycles. The van der Waals surface area contributed by atoms with Gasteiger partial charge in [-0.2, -0.15) is 0 Å². The summed E-state index contributed by atoms with van der Waals surface area (Å²) in [6.45, 7) is 7.57. The molecule has 2 saturated heterocycles. The van der Waals surface area contributed by atoms with Gasteiger partial charge in [0.1, 0.15) is 5.75 Å². The summed E-state index contributed by atoms with van der Waals surface area (Å²) >= 11 is 0. The summed E-state index contributed by atoms with van der Waals surface area (Å²) in [6, 6.07) is 14.2. The average molecular weight is 495 g/mol. The van der Waals surface area contributed by atoms with Gasteiger partial charge in [0.05, 0.1) is 37.0 Å². The summed E-state index contributed by atoms with van der Waals surface area (Å²) in [6.07, 6.45) is 0.959. The number of amides is 3. The zero-order valence-corrected chi connectivity index (χ0v) is 20.7. The van der Waals surface area contributed by atoms with Crippen molar-refractivity contribution in [3.05, 3.63) is 54.1 Å². The maximum absolute atomic E-state index is 13.0. The molecule has 2 aliphatic heterocycles. The van der Waals surface area contributed by atoms with Crippen LogP contribution in [0.25, 0.3) is 0 Å². The molecule has 192 valence electrons. The Bertz CT molecular complexity index is 1050. The minimum absolute atomic E-state index is 0.106. The van der Waals surface area contributed by atoms with Crippen molar-refractivity contribution >= 4 is 29.1 Å². The Kier molecular flexibility index (Phi) is 8.91. The van der Waals surface area contributed by atoms with E-state index in [9.17, 15) is 14.4 Å². The van der Waals surface area contributed by atoms with Crippen molar-refractivity contribution in [1.29, 1.82) is 0 Å². The second-order valence-electron chi connectivity index (χ2n) is 8.93. The highest BCUT2D eigenvalue weighted by atomic mass is 16.5. The van der Waals surface area contributed by atoms with Crippen LogP contribution in [0.1, 0.15) is 30.1 Å². The Morgan fingerprint density at radius 1 is 1.08 bits per heavy atom. The number of anilines is 2. The fraction of sp³-hybridized carbons (Fsp3) is 0.444. The van der Waals surface area contributed by atoms with Crippen LogP contribution in [0.2, 0.25) is 0 Å². The molecule has 4 rings (SSSR count). The molecule has 2 aliphatic rings. The SMILES string of the molecule is CCOc1ccc(N2C[C@H](C(=O)Nc3ccccc3C(=O)NCCCN3CCOCC3)CC2=O)cc1. The van der Waals surface area contributed by atoms with E-state index in [4.69, 9.17) is 9.47 Å². The summed E-state index contributed by atoms with van der Waals surface area (Å²) in [7, 11) is 0. The normalized spacial score (nSPS) is 18.2. The molecule has 1 atom stereocenters. The maximum Gasteiger partial charge on any atom is 0.253 e. The topological polar surface area (TPSA) is 100 Å². The van der Waals surface area contributed by atoms with E-state index in [0.29, 0.717) is 24.4 Å². The quantitative estimate of drug-likeness (QED) is 0.493. The Hall–Kier alpha value is -3.43. The molecule has 2 heterocycles. The number of carbonyl (C=O) groups is 3. The van der Waals surface area contributed by atoms with E-state index >= 15 is 0 Å². The molecule has 3 amide bonds. The van der Waals surface area contributed by atoms with E-state index in [0.717, 1.165) is 50.7 Å². The molecular weight excluding hydrogens is 460 g/mol. The summed E-state index contributed by atoms with van der Waals surface area (Å²) < 4.78 is 10.8. The van der Waals surface area contributed by atoms with E-state index in [1.807, 2.05) is 31.2 Å².